The van der Waals surface area contributed by atoms with Gasteiger partial charge in [-0.3, -0.25) is 0 Å². The number of amides is 2. The van der Waals surface area contributed by atoms with Crippen molar-refractivity contribution in [2.45, 2.75) is 18.9 Å². The lowest BCUT2D eigenvalue weighted by molar-refractivity contribution is 0.199. The van der Waals surface area contributed by atoms with Gasteiger partial charge in [0.25, 0.3) is 0 Å². The zero-order chi connectivity index (χ0) is 14.8. The Morgan fingerprint density at radius 2 is 2.29 bits per heavy atom. The smallest absolute Gasteiger partial charge is 0.322 e. The maximum absolute atomic E-state index is 13.8. The first-order valence-corrected chi connectivity index (χ1v) is 7.50. The number of urea groups is 1. The summed E-state index contributed by atoms with van der Waals surface area (Å²) in [7, 11) is 0. The summed E-state index contributed by atoms with van der Waals surface area (Å²) in [5.74, 6) is 0.297. The number of likely N-dealkylation sites (tertiary alicyclic amines) is 1. The highest BCUT2D eigenvalue weighted by Crippen LogP contribution is 2.32. The van der Waals surface area contributed by atoms with E-state index in [9.17, 15) is 9.18 Å². The molecule has 1 aliphatic rings. The van der Waals surface area contributed by atoms with Crippen molar-refractivity contribution < 1.29 is 13.6 Å². The number of hydrogen-bond acceptors (Lipinski definition) is 2. The molecule has 1 aromatic carbocycles. The SMILES string of the molecule is O=C(Nc1ccc(Br)cc1F)N1CCC[C@@H]1c1ccco1. The fraction of sp³-hybridized carbons (Fsp3) is 0.267. The molecule has 0 bridgehead atoms. The van der Waals surface area contributed by atoms with Crippen LogP contribution in [0.2, 0.25) is 0 Å². The molecule has 2 amide bonds. The molecule has 0 unspecified atom stereocenters. The van der Waals surface area contributed by atoms with Crippen LogP contribution in [-0.4, -0.2) is 17.5 Å². The van der Waals surface area contributed by atoms with Crippen LogP contribution in [-0.2, 0) is 0 Å². The van der Waals surface area contributed by atoms with E-state index in [1.54, 1.807) is 23.3 Å². The number of nitrogens with zero attached hydrogens (tertiary/aromatic N) is 1. The fourth-order valence-corrected chi connectivity index (χ4v) is 2.90. The summed E-state index contributed by atoms with van der Waals surface area (Å²) < 4.78 is 19.8. The summed E-state index contributed by atoms with van der Waals surface area (Å²) in [5.41, 5.74) is 0.174. The molecule has 1 saturated heterocycles. The Hall–Kier alpha value is -1.82. The number of hydrogen-bond donors (Lipinski definition) is 1. The van der Waals surface area contributed by atoms with Gasteiger partial charge in [0, 0.05) is 11.0 Å². The van der Waals surface area contributed by atoms with Crippen molar-refractivity contribution in [2.24, 2.45) is 0 Å². The second kappa shape index (κ2) is 5.89. The molecule has 110 valence electrons. The number of carbonyl (C=O) groups excluding carboxylic acids is 1. The third-order valence-electron chi connectivity index (χ3n) is 3.56. The minimum Gasteiger partial charge on any atom is -0.467 e. The Bertz CT molecular complexity index is 645. The van der Waals surface area contributed by atoms with Gasteiger partial charge in [-0.2, -0.15) is 0 Å². The summed E-state index contributed by atoms with van der Waals surface area (Å²) >= 11 is 3.19. The Labute approximate surface area is 130 Å². The van der Waals surface area contributed by atoms with E-state index in [-0.39, 0.29) is 17.8 Å². The molecule has 1 aromatic heterocycles. The number of furan rings is 1. The molecule has 3 rings (SSSR count). The van der Waals surface area contributed by atoms with Crippen molar-refractivity contribution >= 4 is 27.6 Å². The van der Waals surface area contributed by atoms with Gasteiger partial charge in [0.2, 0.25) is 0 Å². The highest BCUT2D eigenvalue weighted by Gasteiger charge is 2.32. The fourth-order valence-electron chi connectivity index (χ4n) is 2.56. The van der Waals surface area contributed by atoms with E-state index in [0.29, 0.717) is 11.0 Å². The molecule has 1 atom stereocenters. The molecule has 1 N–H and O–H groups in total. The van der Waals surface area contributed by atoms with Crippen LogP contribution < -0.4 is 5.32 Å². The molecule has 1 fully saturated rings. The zero-order valence-electron chi connectivity index (χ0n) is 11.2. The van der Waals surface area contributed by atoms with Crippen LogP contribution in [0.25, 0.3) is 0 Å². The van der Waals surface area contributed by atoms with Gasteiger partial charge in [-0.1, -0.05) is 15.9 Å². The number of carbonyl (C=O) groups is 1. The molecule has 2 heterocycles. The maximum Gasteiger partial charge on any atom is 0.322 e. The van der Waals surface area contributed by atoms with Gasteiger partial charge < -0.3 is 14.6 Å². The molecule has 0 saturated carbocycles. The average molecular weight is 353 g/mol. The first-order chi connectivity index (χ1) is 10.1. The minimum atomic E-state index is -0.466. The minimum absolute atomic E-state index is 0.0847. The van der Waals surface area contributed by atoms with Gasteiger partial charge >= 0.3 is 6.03 Å². The number of halogens is 2. The van der Waals surface area contributed by atoms with E-state index >= 15 is 0 Å². The van der Waals surface area contributed by atoms with Gasteiger partial charge in [0.1, 0.15) is 11.6 Å². The van der Waals surface area contributed by atoms with E-state index in [4.69, 9.17) is 4.42 Å². The van der Waals surface area contributed by atoms with E-state index < -0.39 is 5.82 Å². The van der Waals surface area contributed by atoms with Crippen molar-refractivity contribution in [1.29, 1.82) is 0 Å². The van der Waals surface area contributed by atoms with Crippen LogP contribution in [0.4, 0.5) is 14.9 Å². The summed E-state index contributed by atoms with van der Waals surface area (Å²) in [6.07, 6.45) is 3.35. The highest BCUT2D eigenvalue weighted by molar-refractivity contribution is 9.10. The number of rotatable bonds is 2. The van der Waals surface area contributed by atoms with E-state index in [0.717, 1.165) is 18.6 Å². The van der Waals surface area contributed by atoms with E-state index in [1.165, 1.54) is 12.1 Å². The largest absolute Gasteiger partial charge is 0.467 e. The predicted octanol–water partition coefficient (Wildman–Crippen LogP) is 4.55. The lowest BCUT2D eigenvalue weighted by Crippen LogP contribution is -2.34. The molecule has 4 nitrogen and oxygen atoms in total. The molecule has 0 aliphatic carbocycles. The first kappa shape index (κ1) is 14.1. The van der Waals surface area contributed by atoms with Crippen molar-refractivity contribution in [1.82, 2.24) is 4.90 Å². The van der Waals surface area contributed by atoms with Crippen LogP contribution in [0, 0.1) is 5.82 Å². The summed E-state index contributed by atoms with van der Waals surface area (Å²) in [6, 6.07) is 7.81. The summed E-state index contributed by atoms with van der Waals surface area (Å²) in [6.45, 7) is 0.634. The molecule has 1 aliphatic heterocycles. The molecular formula is C15H14BrFN2O2. The second-order valence-electron chi connectivity index (χ2n) is 4.92. The van der Waals surface area contributed by atoms with Gasteiger partial charge in [-0.05, 0) is 43.2 Å². The lowest BCUT2D eigenvalue weighted by Gasteiger charge is -2.23. The standard InChI is InChI=1S/C15H14BrFN2O2/c16-10-5-6-12(11(17)9-10)18-15(20)19-7-1-3-13(19)14-4-2-8-21-14/h2,4-6,8-9,13H,1,3,7H2,(H,18,20)/t13-/m1/s1. The van der Waals surface area contributed by atoms with Gasteiger partial charge in [-0.15, -0.1) is 0 Å². The number of anilines is 1. The topological polar surface area (TPSA) is 45.5 Å². The summed E-state index contributed by atoms with van der Waals surface area (Å²) in [5, 5.41) is 2.62. The Balaban J connectivity index is 1.75. The number of nitrogens with one attached hydrogen (secondary N) is 1. The highest BCUT2D eigenvalue weighted by atomic mass is 79.9. The van der Waals surface area contributed by atoms with Crippen LogP contribution in [0.5, 0.6) is 0 Å². The summed E-state index contributed by atoms with van der Waals surface area (Å²) in [4.78, 5) is 14.0. The first-order valence-electron chi connectivity index (χ1n) is 6.71. The molecule has 2 aromatic rings. The Morgan fingerprint density at radius 3 is 3.00 bits per heavy atom. The van der Waals surface area contributed by atoms with Crippen molar-refractivity contribution in [3.63, 3.8) is 0 Å². The Morgan fingerprint density at radius 1 is 1.43 bits per heavy atom. The molecule has 21 heavy (non-hydrogen) atoms. The van der Waals surface area contributed by atoms with Crippen LogP contribution in [0.3, 0.4) is 0 Å². The normalized spacial score (nSPS) is 18.0. The number of benzene rings is 1. The molecule has 6 heteroatoms. The monoisotopic (exact) mass is 352 g/mol. The second-order valence-corrected chi connectivity index (χ2v) is 5.84. The van der Waals surface area contributed by atoms with Crippen LogP contribution >= 0.6 is 15.9 Å². The van der Waals surface area contributed by atoms with Gasteiger partial charge in [-0.25, -0.2) is 9.18 Å². The lowest BCUT2D eigenvalue weighted by atomic mass is 10.2. The molecule has 0 radical (unpaired) electrons. The Kier molecular flexibility index (Phi) is 3.96. The molecular weight excluding hydrogens is 339 g/mol. The predicted molar refractivity (Wildman–Crippen MR) is 80.5 cm³/mol. The van der Waals surface area contributed by atoms with Crippen molar-refractivity contribution in [3.05, 3.63) is 52.6 Å². The van der Waals surface area contributed by atoms with E-state index in [2.05, 4.69) is 21.2 Å². The van der Waals surface area contributed by atoms with Crippen molar-refractivity contribution in [2.75, 3.05) is 11.9 Å². The maximum atomic E-state index is 13.8. The van der Waals surface area contributed by atoms with Crippen LogP contribution in [0.15, 0.2) is 45.5 Å². The van der Waals surface area contributed by atoms with Crippen molar-refractivity contribution in [3.8, 4) is 0 Å². The van der Waals surface area contributed by atoms with E-state index in [1.807, 2.05) is 6.07 Å². The third kappa shape index (κ3) is 2.95. The van der Waals surface area contributed by atoms with Crippen LogP contribution in [0.1, 0.15) is 24.6 Å². The third-order valence-corrected chi connectivity index (χ3v) is 4.05. The zero-order valence-corrected chi connectivity index (χ0v) is 12.8. The molecule has 0 spiro atoms. The van der Waals surface area contributed by atoms with Gasteiger partial charge in [0.15, 0.2) is 0 Å². The quantitative estimate of drug-likeness (QED) is 0.861. The average Bonchev–Trinajstić information content (AvgIpc) is 3.10. The van der Waals surface area contributed by atoms with Gasteiger partial charge in [0.05, 0.1) is 18.0 Å².